The third-order valence-corrected chi connectivity index (χ3v) is 4.79. The summed E-state index contributed by atoms with van der Waals surface area (Å²) in [6, 6.07) is 15.7. The molecule has 2 aromatic rings. The second kappa shape index (κ2) is 7.90. The van der Waals surface area contributed by atoms with E-state index in [0.29, 0.717) is 13.2 Å². The lowest BCUT2D eigenvalue weighted by Gasteiger charge is -2.25. The SMILES string of the molecule is O=C(OCC(=O)N1c2ccccc2CCc2ccccc21)[C@H]1COCCO1. The van der Waals surface area contributed by atoms with E-state index in [1.54, 1.807) is 4.90 Å². The Hall–Kier alpha value is -2.70. The molecule has 0 N–H and O–H groups in total. The van der Waals surface area contributed by atoms with Gasteiger partial charge in [-0.15, -0.1) is 0 Å². The molecule has 2 aliphatic heterocycles. The third kappa shape index (κ3) is 3.72. The number of esters is 1. The Morgan fingerprint density at radius 3 is 2.19 bits per heavy atom. The number of para-hydroxylation sites is 2. The van der Waals surface area contributed by atoms with Gasteiger partial charge in [-0.25, -0.2) is 4.79 Å². The van der Waals surface area contributed by atoms with Crippen LogP contribution in [0, 0.1) is 0 Å². The molecule has 1 saturated heterocycles. The molecule has 1 atom stereocenters. The van der Waals surface area contributed by atoms with Gasteiger partial charge in [0, 0.05) is 0 Å². The maximum atomic E-state index is 13.0. The molecular weight excluding hydrogens is 346 g/mol. The second-order valence-corrected chi connectivity index (χ2v) is 6.53. The summed E-state index contributed by atoms with van der Waals surface area (Å²) in [7, 11) is 0. The van der Waals surface area contributed by atoms with Crippen LogP contribution in [0.5, 0.6) is 0 Å². The summed E-state index contributed by atoms with van der Waals surface area (Å²) < 4.78 is 15.8. The van der Waals surface area contributed by atoms with E-state index in [1.165, 1.54) is 0 Å². The highest BCUT2D eigenvalue weighted by Crippen LogP contribution is 2.35. The molecular formula is C21H21NO5. The average Bonchev–Trinajstić information content (AvgIpc) is 2.89. The van der Waals surface area contributed by atoms with Gasteiger partial charge in [0.15, 0.2) is 12.7 Å². The molecule has 0 radical (unpaired) electrons. The molecule has 2 aromatic carbocycles. The van der Waals surface area contributed by atoms with E-state index in [-0.39, 0.29) is 19.1 Å². The van der Waals surface area contributed by atoms with Gasteiger partial charge < -0.3 is 14.2 Å². The van der Waals surface area contributed by atoms with E-state index < -0.39 is 12.1 Å². The molecule has 27 heavy (non-hydrogen) atoms. The second-order valence-electron chi connectivity index (χ2n) is 6.53. The summed E-state index contributed by atoms with van der Waals surface area (Å²) in [4.78, 5) is 26.8. The first kappa shape index (κ1) is 17.7. The van der Waals surface area contributed by atoms with Crippen LogP contribution in [0.15, 0.2) is 48.5 Å². The minimum absolute atomic E-state index is 0.155. The van der Waals surface area contributed by atoms with Gasteiger partial charge in [-0.1, -0.05) is 36.4 Å². The van der Waals surface area contributed by atoms with Crippen LogP contribution in [-0.2, 0) is 36.6 Å². The maximum absolute atomic E-state index is 13.0. The monoisotopic (exact) mass is 367 g/mol. The molecule has 6 heteroatoms. The molecule has 140 valence electrons. The highest BCUT2D eigenvalue weighted by atomic mass is 16.6. The smallest absolute Gasteiger partial charge is 0.338 e. The maximum Gasteiger partial charge on any atom is 0.338 e. The molecule has 4 rings (SSSR count). The number of hydrogen-bond donors (Lipinski definition) is 0. The number of fused-ring (bicyclic) bond motifs is 2. The van der Waals surface area contributed by atoms with Crippen molar-refractivity contribution in [1.82, 2.24) is 0 Å². The molecule has 0 unspecified atom stereocenters. The number of anilines is 2. The van der Waals surface area contributed by atoms with Crippen molar-refractivity contribution in [2.75, 3.05) is 31.3 Å². The van der Waals surface area contributed by atoms with Gasteiger partial charge >= 0.3 is 5.97 Å². The highest BCUT2D eigenvalue weighted by Gasteiger charge is 2.29. The fraction of sp³-hybridized carbons (Fsp3) is 0.333. The van der Waals surface area contributed by atoms with Crippen molar-refractivity contribution in [3.05, 3.63) is 59.7 Å². The van der Waals surface area contributed by atoms with Crippen molar-refractivity contribution in [2.45, 2.75) is 18.9 Å². The average molecular weight is 367 g/mol. The molecule has 0 bridgehead atoms. The molecule has 6 nitrogen and oxygen atoms in total. The predicted molar refractivity (Wildman–Crippen MR) is 99.0 cm³/mol. The van der Waals surface area contributed by atoms with Gasteiger partial charge in [-0.2, -0.15) is 0 Å². The summed E-state index contributed by atoms with van der Waals surface area (Å²) in [6.45, 7) is 0.619. The van der Waals surface area contributed by atoms with Gasteiger partial charge in [0.05, 0.1) is 31.2 Å². The topological polar surface area (TPSA) is 65.1 Å². The van der Waals surface area contributed by atoms with Crippen molar-refractivity contribution < 1.29 is 23.8 Å². The van der Waals surface area contributed by atoms with Crippen LogP contribution in [0.25, 0.3) is 0 Å². The van der Waals surface area contributed by atoms with Gasteiger partial charge in [0.2, 0.25) is 0 Å². The lowest BCUT2D eigenvalue weighted by molar-refractivity contribution is -0.172. The van der Waals surface area contributed by atoms with E-state index in [2.05, 4.69) is 0 Å². The molecule has 1 amide bonds. The zero-order valence-electron chi connectivity index (χ0n) is 14.9. The molecule has 2 aliphatic rings. The zero-order valence-corrected chi connectivity index (χ0v) is 14.9. The zero-order chi connectivity index (χ0) is 18.6. The number of rotatable bonds is 3. The first-order chi connectivity index (χ1) is 13.2. The minimum atomic E-state index is -0.768. The Bertz CT molecular complexity index is 796. The number of ether oxygens (including phenoxy) is 3. The van der Waals surface area contributed by atoms with Crippen LogP contribution >= 0.6 is 0 Å². The lowest BCUT2D eigenvalue weighted by Crippen LogP contribution is -2.39. The van der Waals surface area contributed by atoms with Crippen LogP contribution in [-0.4, -0.2) is 44.4 Å². The molecule has 0 saturated carbocycles. The van der Waals surface area contributed by atoms with Crippen LogP contribution < -0.4 is 4.90 Å². The van der Waals surface area contributed by atoms with E-state index in [0.717, 1.165) is 35.3 Å². The van der Waals surface area contributed by atoms with Crippen molar-refractivity contribution in [1.29, 1.82) is 0 Å². The highest BCUT2D eigenvalue weighted by molar-refractivity contribution is 6.03. The number of amides is 1. The Morgan fingerprint density at radius 2 is 1.59 bits per heavy atom. The standard InChI is InChI=1S/C21H21NO5/c23-20(14-27-21(24)19-13-25-11-12-26-19)22-17-7-3-1-5-15(17)9-10-16-6-2-4-8-18(16)22/h1-8,19H,9-14H2/t19-/m1/s1. The summed E-state index contributed by atoms with van der Waals surface area (Å²) in [6.07, 6.45) is 0.934. The molecule has 0 aromatic heterocycles. The Kier molecular flexibility index (Phi) is 5.18. The predicted octanol–water partition coefficient (Wildman–Crippen LogP) is 2.41. The third-order valence-electron chi connectivity index (χ3n) is 4.79. The fourth-order valence-electron chi connectivity index (χ4n) is 3.46. The minimum Gasteiger partial charge on any atom is -0.454 e. The summed E-state index contributed by atoms with van der Waals surface area (Å²) >= 11 is 0. The summed E-state index contributed by atoms with van der Waals surface area (Å²) in [5.41, 5.74) is 3.86. The number of nitrogens with zero attached hydrogens (tertiary/aromatic N) is 1. The summed E-state index contributed by atoms with van der Waals surface area (Å²) in [5, 5.41) is 0. The Labute approximate surface area is 157 Å². The lowest BCUT2D eigenvalue weighted by atomic mass is 10.0. The van der Waals surface area contributed by atoms with Gasteiger partial charge in [-0.3, -0.25) is 9.69 Å². The van der Waals surface area contributed by atoms with Crippen molar-refractivity contribution in [2.24, 2.45) is 0 Å². The molecule has 0 aliphatic carbocycles. The molecule has 2 heterocycles. The van der Waals surface area contributed by atoms with Crippen LogP contribution in [0.1, 0.15) is 11.1 Å². The fourth-order valence-corrected chi connectivity index (χ4v) is 3.46. The van der Waals surface area contributed by atoms with Gasteiger partial charge in [0.25, 0.3) is 5.91 Å². The Balaban J connectivity index is 1.56. The number of benzene rings is 2. The Morgan fingerprint density at radius 1 is 0.963 bits per heavy atom. The van der Waals surface area contributed by atoms with Crippen LogP contribution in [0.4, 0.5) is 11.4 Å². The first-order valence-corrected chi connectivity index (χ1v) is 9.09. The van der Waals surface area contributed by atoms with Crippen molar-refractivity contribution in [3.8, 4) is 0 Å². The number of carbonyl (C=O) groups is 2. The van der Waals surface area contributed by atoms with E-state index in [1.807, 2.05) is 48.5 Å². The van der Waals surface area contributed by atoms with Crippen molar-refractivity contribution >= 4 is 23.3 Å². The largest absolute Gasteiger partial charge is 0.454 e. The van der Waals surface area contributed by atoms with E-state index >= 15 is 0 Å². The van der Waals surface area contributed by atoms with E-state index in [9.17, 15) is 9.59 Å². The summed E-state index contributed by atoms with van der Waals surface area (Å²) in [5.74, 6) is -0.860. The van der Waals surface area contributed by atoms with E-state index in [4.69, 9.17) is 14.2 Å². The number of carbonyl (C=O) groups excluding carboxylic acids is 2. The van der Waals surface area contributed by atoms with Gasteiger partial charge in [-0.05, 0) is 36.1 Å². The van der Waals surface area contributed by atoms with Crippen LogP contribution in [0.2, 0.25) is 0 Å². The van der Waals surface area contributed by atoms with Crippen LogP contribution in [0.3, 0.4) is 0 Å². The number of aryl methyl sites for hydroxylation is 2. The van der Waals surface area contributed by atoms with Crippen molar-refractivity contribution in [3.63, 3.8) is 0 Å². The number of hydrogen-bond acceptors (Lipinski definition) is 5. The molecule has 0 spiro atoms. The van der Waals surface area contributed by atoms with Gasteiger partial charge in [0.1, 0.15) is 0 Å². The first-order valence-electron chi connectivity index (χ1n) is 9.09. The quantitative estimate of drug-likeness (QED) is 0.780. The normalized spacial score (nSPS) is 18.8. The molecule has 1 fully saturated rings.